The van der Waals surface area contributed by atoms with Crippen LogP contribution in [0.5, 0.6) is 5.75 Å². The number of carbonyl (C=O) groups is 1. The topological polar surface area (TPSA) is 64.1 Å². The molecule has 1 N–H and O–H groups in total. The number of fused-ring (bicyclic) bond motifs is 2. The Bertz CT molecular complexity index is 937. The fourth-order valence-corrected chi connectivity index (χ4v) is 4.99. The molecule has 2 fully saturated rings. The maximum atomic E-state index is 13.3. The molecule has 1 aliphatic heterocycles. The third kappa shape index (κ3) is 2.97. The molecule has 28 heavy (non-hydrogen) atoms. The fourth-order valence-electron chi connectivity index (χ4n) is 4.99. The van der Waals surface area contributed by atoms with Gasteiger partial charge in [0.15, 0.2) is 5.82 Å². The van der Waals surface area contributed by atoms with Crippen molar-refractivity contribution < 1.29 is 9.53 Å². The predicted octanol–water partition coefficient (Wildman–Crippen LogP) is 3.87. The number of hydrogen-bond acceptors (Lipinski definition) is 4. The van der Waals surface area contributed by atoms with E-state index in [1.165, 1.54) is 5.56 Å². The average Bonchev–Trinajstić information content (AvgIpc) is 3.55. The van der Waals surface area contributed by atoms with E-state index in [2.05, 4.69) is 35.2 Å². The number of carbonyl (C=O) groups excluding carboxylic acids is 1. The van der Waals surface area contributed by atoms with Crippen molar-refractivity contribution >= 4 is 5.91 Å². The van der Waals surface area contributed by atoms with E-state index < -0.39 is 0 Å². The molecule has 5 rings (SSSR count). The van der Waals surface area contributed by atoms with E-state index in [1.54, 1.807) is 6.20 Å². The van der Waals surface area contributed by atoms with Gasteiger partial charge < -0.3 is 10.1 Å². The van der Waals surface area contributed by atoms with Gasteiger partial charge in [-0.3, -0.25) is 4.79 Å². The Balaban J connectivity index is 1.40. The van der Waals surface area contributed by atoms with Crippen LogP contribution in [0.25, 0.3) is 0 Å². The van der Waals surface area contributed by atoms with Gasteiger partial charge >= 0.3 is 0 Å². The Kier molecular flexibility index (Phi) is 3.80. The highest BCUT2D eigenvalue weighted by Crippen LogP contribution is 2.63. The van der Waals surface area contributed by atoms with Gasteiger partial charge in [-0.2, -0.15) is 0 Å². The lowest BCUT2D eigenvalue weighted by molar-refractivity contribution is -0.124. The number of aromatic nitrogens is 2. The Morgan fingerprint density at radius 3 is 2.79 bits per heavy atom. The summed E-state index contributed by atoms with van der Waals surface area (Å²) in [4.78, 5) is 22.3. The summed E-state index contributed by atoms with van der Waals surface area (Å²) in [5, 5.41) is 3.31. The van der Waals surface area contributed by atoms with E-state index in [9.17, 15) is 4.79 Å². The van der Waals surface area contributed by atoms with Gasteiger partial charge in [0.1, 0.15) is 11.4 Å². The maximum absolute atomic E-state index is 13.3. The number of benzene rings is 1. The van der Waals surface area contributed by atoms with Gasteiger partial charge in [0.2, 0.25) is 5.91 Å². The number of nitrogens with one attached hydrogen (secondary N) is 1. The van der Waals surface area contributed by atoms with Gasteiger partial charge in [0.25, 0.3) is 0 Å². The molecule has 1 aromatic heterocycles. The highest BCUT2D eigenvalue weighted by Gasteiger charge is 2.64. The molecular weight excluding hydrogens is 350 g/mol. The summed E-state index contributed by atoms with van der Waals surface area (Å²) in [6.45, 7) is 6.20. The van der Waals surface area contributed by atoms with Crippen LogP contribution in [0.15, 0.2) is 36.5 Å². The minimum atomic E-state index is -0.265. The largest absolute Gasteiger partial charge is 0.488 e. The molecule has 5 nitrogen and oxygen atoms in total. The van der Waals surface area contributed by atoms with Crippen molar-refractivity contribution in [2.45, 2.75) is 63.5 Å². The molecule has 0 radical (unpaired) electrons. The third-order valence-electron chi connectivity index (χ3n) is 6.43. The molecule has 1 spiro atoms. The molecule has 1 aromatic carbocycles. The molecule has 0 bridgehead atoms. The van der Waals surface area contributed by atoms with Crippen LogP contribution in [0.4, 0.5) is 0 Å². The van der Waals surface area contributed by atoms with Crippen molar-refractivity contribution in [3.8, 4) is 5.75 Å². The van der Waals surface area contributed by atoms with E-state index in [0.717, 1.165) is 43.0 Å². The molecule has 2 saturated carbocycles. The summed E-state index contributed by atoms with van der Waals surface area (Å²) in [7, 11) is 0. The molecular formula is C23H27N3O2. The number of aryl methyl sites for hydroxylation is 1. The zero-order chi connectivity index (χ0) is 19.5. The number of amides is 1. The van der Waals surface area contributed by atoms with Crippen molar-refractivity contribution in [2.75, 3.05) is 0 Å². The number of ether oxygens (including phenoxy) is 1. The van der Waals surface area contributed by atoms with Crippen LogP contribution >= 0.6 is 0 Å². The van der Waals surface area contributed by atoms with Crippen LogP contribution in [-0.2, 0) is 10.2 Å². The Morgan fingerprint density at radius 1 is 1.25 bits per heavy atom. The smallest absolute Gasteiger partial charge is 0.224 e. The Hall–Kier alpha value is -2.43. The summed E-state index contributed by atoms with van der Waals surface area (Å²) in [6, 6.07) is 10.0. The van der Waals surface area contributed by atoms with Gasteiger partial charge in [0, 0.05) is 28.8 Å². The standard InChI is InChI=1S/C23H27N3O2/c1-14-10-11-24-20(25-14)19(15-8-9-15)26-21(27)17-12-23(17)13-22(2,3)28-18-7-5-4-6-16(18)23/h4-7,10-11,15,17,19H,8-9,12-13H2,1-3H3,(H,26,27)/t17-,19+,23+/m1/s1. The summed E-state index contributed by atoms with van der Waals surface area (Å²) in [5.41, 5.74) is 1.75. The second-order valence-corrected chi connectivity index (χ2v) is 9.33. The van der Waals surface area contributed by atoms with Crippen molar-refractivity contribution in [1.29, 1.82) is 0 Å². The van der Waals surface area contributed by atoms with Crippen LogP contribution in [0, 0.1) is 18.8 Å². The first-order valence-corrected chi connectivity index (χ1v) is 10.3. The van der Waals surface area contributed by atoms with Crippen LogP contribution in [0.3, 0.4) is 0 Å². The quantitative estimate of drug-likeness (QED) is 0.878. The lowest BCUT2D eigenvalue weighted by Gasteiger charge is -2.38. The Labute approximate surface area is 165 Å². The number of rotatable bonds is 4. The monoisotopic (exact) mass is 377 g/mol. The first-order chi connectivity index (χ1) is 13.4. The summed E-state index contributed by atoms with van der Waals surface area (Å²) in [5.74, 6) is 2.25. The molecule has 146 valence electrons. The first-order valence-electron chi connectivity index (χ1n) is 10.3. The van der Waals surface area contributed by atoms with E-state index in [0.29, 0.717) is 5.92 Å². The third-order valence-corrected chi connectivity index (χ3v) is 6.43. The van der Waals surface area contributed by atoms with Gasteiger partial charge in [-0.25, -0.2) is 9.97 Å². The fraction of sp³-hybridized carbons (Fsp3) is 0.522. The molecule has 2 aromatic rings. The van der Waals surface area contributed by atoms with E-state index in [-0.39, 0.29) is 28.9 Å². The van der Waals surface area contributed by atoms with Crippen LogP contribution in [0.2, 0.25) is 0 Å². The van der Waals surface area contributed by atoms with Crippen molar-refractivity contribution in [2.24, 2.45) is 11.8 Å². The normalized spacial score (nSPS) is 28.2. The van der Waals surface area contributed by atoms with Gasteiger partial charge in [-0.1, -0.05) is 18.2 Å². The van der Waals surface area contributed by atoms with Crippen molar-refractivity contribution in [3.63, 3.8) is 0 Å². The SMILES string of the molecule is Cc1ccnc([C@@H](NC(=O)[C@H]2C[C@@]23CC(C)(C)Oc2ccccc23)C2CC2)n1. The predicted molar refractivity (Wildman–Crippen MR) is 106 cm³/mol. The summed E-state index contributed by atoms with van der Waals surface area (Å²) >= 11 is 0. The number of hydrogen-bond donors (Lipinski definition) is 1. The molecule has 2 aliphatic carbocycles. The molecule has 0 saturated heterocycles. The number of para-hydroxylation sites is 1. The number of nitrogens with zero attached hydrogens (tertiary/aromatic N) is 2. The lowest BCUT2D eigenvalue weighted by Crippen LogP contribution is -2.41. The first kappa shape index (κ1) is 17.7. The zero-order valence-electron chi connectivity index (χ0n) is 16.7. The highest BCUT2D eigenvalue weighted by molar-refractivity contribution is 5.85. The molecule has 2 heterocycles. The van der Waals surface area contributed by atoms with Crippen molar-refractivity contribution in [1.82, 2.24) is 15.3 Å². The van der Waals surface area contributed by atoms with Crippen LogP contribution in [-0.4, -0.2) is 21.5 Å². The highest BCUT2D eigenvalue weighted by atomic mass is 16.5. The van der Waals surface area contributed by atoms with E-state index in [1.807, 2.05) is 31.2 Å². The average molecular weight is 377 g/mol. The second-order valence-electron chi connectivity index (χ2n) is 9.33. The molecule has 3 atom stereocenters. The summed E-state index contributed by atoms with van der Waals surface area (Å²) in [6.07, 6.45) is 5.79. The van der Waals surface area contributed by atoms with Gasteiger partial charge in [0.05, 0.1) is 6.04 Å². The second kappa shape index (κ2) is 6.03. The van der Waals surface area contributed by atoms with Gasteiger partial charge in [-0.05, 0) is 64.5 Å². The minimum absolute atomic E-state index is 0.0112. The van der Waals surface area contributed by atoms with Crippen LogP contribution in [0.1, 0.15) is 62.7 Å². The maximum Gasteiger partial charge on any atom is 0.224 e. The zero-order valence-corrected chi connectivity index (χ0v) is 16.7. The van der Waals surface area contributed by atoms with Crippen LogP contribution < -0.4 is 10.1 Å². The summed E-state index contributed by atoms with van der Waals surface area (Å²) < 4.78 is 6.18. The molecule has 1 amide bonds. The minimum Gasteiger partial charge on any atom is -0.488 e. The van der Waals surface area contributed by atoms with E-state index >= 15 is 0 Å². The molecule has 3 aliphatic rings. The molecule has 5 heteroatoms. The Morgan fingerprint density at radius 2 is 2.04 bits per heavy atom. The lowest BCUT2D eigenvalue weighted by atomic mass is 9.80. The molecule has 0 unspecified atom stereocenters. The van der Waals surface area contributed by atoms with Gasteiger partial charge in [-0.15, -0.1) is 0 Å². The van der Waals surface area contributed by atoms with E-state index in [4.69, 9.17) is 4.74 Å². The van der Waals surface area contributed by atoms with Crippen molar-refractivity contribution in [3.05, 3.63) is 53.6 Å².